The minimum absolute atomic E-state index is 0.168. The van der Waals surface area contributed by atoms with Crippen LogP contribution in [0.4, 0.5) is 5.95 Å². The number of aromatic nitrogens is 2. The standard InChI is InChI=1S/C16H18N4O2S/c1-10-7-14(19-16(17)18-10)12-3-2-4-13(9-12)23(22)20-15(21)8-11-5-6-11/h2-4,7,9,11H,5-6,8H2,1H3,(H,20,21)(H2,17,18,19). The molecule has 0 spiro atoms. The Morgan fingerprint density at radius 2 is 2.13 bits per heavy atom. The van der Waals surface area contributed by atoms with Crippen molar-refractivity contribution in [3.63, 3.8) is 0 Å². The highest BCUT2D eigenvalue weighted by atomic mass is 32.2. The van der Waals surface area contributed by atoms with Gasteiger partial charge in [0.25, 0.3) is 0 Å². The number of amides is 1. The zero-order valence-electron chi connectivity index (χ0n) is 12.8. The number of hydrogen-bond donors (Lipinski definition) is 2. The molecule has 6 nitrogen and oxygen atoms in total. The number of rotatable bonds is 5. The van der Waals surface area contributed by atoms with Crippen molar-refractivity contribution in [1.82, 2.24) is 14.7 Å². The molecule has 23 heavy (non-hydrogen) atoms. The van der Waals surface area contributed by atoms with Crippen LogP contribution in [0.15, 0.2) is 35.2 Å². The molecule has 2 aromatic rings. The third-order valence-corrected chi connectivity index (χ3v) is 4.69. The van der Waals surface area contributed by atoms with Crippen molar-refractivity contribution in [1.29, 1.82) is 0 Å². The fourth-order valence-corrected chi connectivity index (χ4v) is 3.14. The first-order chi connectivity index (χ1) is 11.0. The highest BCUT2D eigenvalue weighted by Crippen LogP contribution is 2.32. The lowest BCUT2D eigenvalue weighted by Crippen LogP contribution is -2.25. The number of nitrogen functional groups attached to an aromatic ring is 1. The Labute approximate surface area is 137 Å². The number of nitrogens with two attached hydrogens (primary N) is 1. The van der Waals surface area contributed by atoms with Gasteiger partial charge in [0.05, 0.1) is 10.6 Å². The number of carbonyl (C=O) groups excluding carboxylic acids is 1. The molecule has 7 heteroatoms. The molecule has 1 aliphatic rings. The zero-order valence-corrected chi connectivity index (χ0v) is 13.6. The molecule has 1 heterocycles. The Morgan fingerprint density at radius 3 is 2.83 bits per heavy atom. The van der Waals surface area contributed by atoms with Crippen LogP contribution in [0.5, 0.6) is 0 Å². The molecule has 1 aromatic heterocycles. The molecule has 3 rings (SSSR count). The molecule has 0 bridgehead atoms. The minimum atomic E-state index is -1.57. The van der Waals surface area contributed by atoms with Crippen LogP contribution in [-0.4, -0.2) is 20.1 Å². The SMILES string of the molecule is Cc1cc(-c2cccc(S(=O)NC(=O)CC3CC3)c2)nc(N)n1. The van der Waals surface area contributed by atoms with E-state index in [2.05, 4.69) is 14.7 Å². The van der Waals surface area contributed by atoms with Crippen LogP contribution < -0.4 is 10.5 Å². The fourth-order valence-electron chi connectivity index (χ4n) is 2.30. The maximum absolute atomic E-state index is 12.3. The summed E-state index contributed by atoms with van der Waals surface area (Å²) in [7, 11) is -1.57. The van der Waals surface area contributed by atoms with E-state index in [1.165, 1.54) is 0 Å². The molecule has 0 radical (unpaired) electrons. The largest absolute Gasteiger partial charge is 0.368 e. The van der Waals surface area contributed by atoms with Gasteiger partial charge in [-0.15, -0.1) is 0 Å². The second kappa shape index (κ2) is 6.45. The van der Waals surface area contributed by atoms with Crippen LogP contribution in [0.3, 0.4) is 0 Å². The van der Waals surface area contributed by atoms with Crippen LogP contribution in [0.25, 0.3) is 11.3 Å². The van der Waals surface area contributed by atoms with Gasteiger partial charge >= 0.3 is 0 Å². The number of hydrogen-bond acceptors (Lipinski definition) is 5. The van der Waals surface area contributed by atoms with Crippen molar-refractivity contribution in [2.45, 2.75) is 31.1 Å². The third kappa shape index (κ3) is 4.13. The van der Waals surface area contributed by atoms with Gasteiger partial charge in [-0.2, -0.15) is 0 Å². The van der Waals surface area contributed by atoms with E-state index < -0.39 is 11.0 Å². The molecule has 0 aliphatic heterocycles. The smallest absolute Gasteiger partial charge is 0.232 e. The molecule has 0 saturated heterocycles. The molecule has 1 aliphatic carbocycles. The van der Waals surface area contributed by atoms with Gasteiger partial charge in [-0.1, -0.05) is 12.1 Å². The first kappa shape index (κ1) is 15.6. The second-order valence-electron chi connectivity index (χ2n) is 5.72. The Balaban J connectivity index is 1.78. The summed E-state index contributed by atoms with van der Waals surface area (Å²) in [5, 5.41) is 0. The highest BCUT2D eigenvalue weighted by Gasteiger charge is 2.25. The summed E-state index contributed by atoms with van der Waals surface area (Å²) in [4.78, 5) is 20.5. The molecule has 1 saturated carbocycles. The molecule has 1 unspecified atom stereocenters. The average molecular weight is 330 g/mol. The van der Waals surface area contributed by atoms with Crippen molar-refractivity contribution < 1.29 is 9.00 Å². The van der Waals surface area contributed by atoms with E-state index in [4.69, 9.17) is 5.73 Å². The summed E-state index contributed by atoms with van der Waals surface area (Å²) in [5.74, 6) is 0.493. The summed E-state index contributed by atoms with van der Waals surface area (Å²) < 4.78 is 14.8. The third-order valence-electron chi connectivity index (χ3n) is 3.59. The molecule has 1 fully saturated rings. The number of nitrogens with zero attached hydrogens (tertiary/aromatic N) is 2. The predicted molar refractivity (Wildman–Crippen MR) is 88.5 cm³/mol. The average Bonchev–Trinajstić information content (AvgIpc) is 3.30. The summed E-state index contributed by atoms with van der Waals surface area (Å²) >= 11 is 0. The van der Waals surface area contributed by atoms with Gasteiger partial charge in [-0.3, -0.25) is 9.52 Å². The lowest BCUT2D eigenvalue weighted by Gasteiger charge is -2.07. The number of benzene rings is 1. The maximum Gasteiger partial charge on any atom is 0.232 e. The lowest BCUT2D eigenvalue weighted by atomic mass is 10.1. The summed E-state index contributed by atoms with van der Waals surface area (Å²) in [6.45, 7) is 1.83. The number of anilines is 1. The van der Waals surface area contributed by atoms with Gasteiger partial charge in [0, 0.05) is 17.7 Å². The van der Waals surface area contributed by atoms with Crippen molar-refractivity contribution >= 4 is 22.8 Å². The number of carbonyl (C=O) groups is 1. The Bertz CT molecular complexity index is 754. The van der Waals surface area contributed by atoms with E-state index in [-0.39, 0.29) is 11.9 Å². The molecule has 1 amide bonds. The van der Waals surface area contributed by atoms with Crippen LogP contribution >= 0.6 is 0 Å². The minimum Gasteiger partial charge on any atom is -0.368 e. The topological polar surface area (TPSA) is 98.0 Å². The quantitative estimate of drug-likeness (QED) is 0.873. The Morgan fingerprint density at radius 1 is 1.35 bits per heavy atom. The first-order valence-electron chi connectivity index (χ1n) is 7.44. The lowest BCUT2D eigenvalue weighted by molar-refractivity contribution is -0.119. The van der Waals surface area contributed by atoms with E-state index in [1.807, 2.05) is 19.1 Å². The Kier molecular flexibility index (Phi) is 4.38. The second-order valence-corrected chi connectivity index (χ2v) is 6.94. The van der Waals surface area contributed by atoms with Gasteiger partial charge in [0.1, 0.15) is 0 Å². The first-order valence-corrected chi connectivity index (χ1v) is 8.59. The highest BCUT2D eigenvalue weighted by molar-refractivity contribution is 7.83. The van der Waals surface area contributed by atoms with Crippen LogP contribution in [-0.2, 0) is 15.8 Å². The zero-order chi connectivity index (χ0) is 16.4. The van der Waals surface area contributed by atoms with Crippen molar-refractivity contribution in [2.75, 3.05) is 5.73 Å². The maximum atomic E-state index is 12.3. The van der Waals surface area contributed by atoms with E-state index in [0.717, 1.165) is 24.1 Å². The molecule has 1 atom stereocenters. The molecule has 1 aromatic carbocycles. The van der Waals surface area contributed by atoms with E-state index >= 15 is 0 Å². The van der Waals surface area contributed by atoms with E-state index in [0.29, 0.717) is 22.9 Å². The number of aryl methyl sites for hydroxylation is 1. The molecular weight excluding hydrogens is 312 g/mol. The summed E-state index contributed by atoms with van der Waals surface area (Å²) in [6.07, 6.45) is 2.63. The van der Waals surface area contributed by atoms with E-state index in [1.54, 1.807) is 18.2 Å². The van der Waals surface area contributed by atoms with Crippen LogP contribution in [0.2, 0.25) is 0 Å². The van der Waals surface area contributed by atoms with Crippen LogP contribution in [0.1, 0.15) is 25.0 Å². The van der Waals surface area contributed by atoms with Crippen molar-refractivity contribution in [2.24, 2.45) is 5.92 Å². The molecular formula is C16H18N4O2S. The van der Waals surface area contributed by atoms with Crippen molar-refractivity contribution in [3.05, 3.63) is 36.0 Å². The molecule has 120 valence electrons. The van der Waals surface area contributed by atoms with Crippen LogP contribution in [0, 0.1) is 12.8 Å². The van der Waals surface area contributed by atoms with Gasteiger partial charge in [-0.25, -0.2) is 14.2 Å². The van der Waals surface area contributed by atoms with Gasteiger partial charge in [0.2, 0.25) is 11.9 Å². The van der Waals surface area contributed by atoms with Gasteiger partial charge < -0.3 is 5.73 Å². The summed E-state index contributed by atoms with van der Waals surface area (Å²) in [5.41, 5.74) is 7.88. The summed E-state index contributed by atoms with van der Waals surface area (Å²) in [6, 6.07) is 8.91. The van der Waals surface area contributed by atoms with Crippen molar-refractivity contribution in [3.8, 4) is 11.3 Å². The Hall–Kier alpha value is -2.28. The fraction of sp³-hybridized carbons (Fsp3) is 0.312. The van der Waals surface area contributed by atoms with Gasteiger partial charge in [-0.05, 0) is 43.9 Å². The molecule has 3 N–H and O–H groups in total. The monoisotopic (exact) mass is 330 g/mol. The normalized spacial score (nSPS) is 15.2. The van der Waals surface area contributed by atoms with Gasteiger partial charge in [0.15, 0.2) is 11.0 Å². The number of nitrogens with one attached hydrogen (secondary N) is 1. The van der Waals surface area contributed by atoms with E-state index in [9.17, 15) is 9.00 Å². The predicted octanol–water partition coefficient (Wildman–Crippen LogP) is 1.97.